The summed E-state index contributed by atoms with van der Waals surface area (Å²) in [6.45, 7) is 4.04. The van der Waals surface area contributed by atoms with Crippen molar-refractivity contribution in [3.63, 3.8) is 0 Å². The van der Waals surface area contributed by atoms with E-state index in [0.717, 1.165) is 0 Å². The van der Waals surface area contributed by atoms with Crippen LogP contribution in [0, 0.1) is 0 Å². The Morgan fingerprint density at radius 2 is 1.71 bits per heavy atom. The highest BCUT2D eigenvalue weighted by atomic mass is 16.6. The van der Waals surface area contributed by atoms with Crippen LogP contribution < -0.4 is 20.3 Å². The minimum atomic E-state index is -0.487. The van der Waals surface area contributed by atoms with Crippen molar-refractivity contribution in [2.45, 2.75) is 20.4 Å². The molecule has 3 rings (SSSR count). The summed E-state index contributed by atoms with van der Waals surface area (Å²) in [5, 5.41) is 3.70. The first-order valence-corrected chi connectivity index (χ1v) is 9.95. The van der Waals surface area contributed by atoms with Crippen molar-refractivity contribution in [1.29, 1.82) is 0 Å². The molecule has 8 nitrogen and oxygen atoms in total. The van der Waals surface area contributed by atoms with Gasteiger partial charge in [-0.2, -0.15) is 0 Å². The average molecular weight is 424 g/mol. The smallest absolute Gasteiger partial charge is 0.344 e. The van der Waals surface area contributed by atoms with E-state index >= 15 is 0 Å². The summed E-state index contributed by atoms with van der Waals surface area (Å²) in [7, 11) is 0. The zero-order chi connectivity index (χ0) is 22.2. The number of amides is 1. The van der Waals surface area contributed by atoms with Gasteiger partial charge in [0.25, 0.3) is 5.56 Å². The van der Waals surface area contributed by atoms with Gasteiger partial charge in [-0.3, -0.25) is 9.59 Å². The van der Waals surface area contributed by atoms with Crippen molar-refractivity contribution in [1.82, 2.24) is 4.57 Å². The van der Waals surface area contributed by atoms with Gasteiger partial charge in [0.05, 0.1) is 18.6 Å². The SMILES string of the molecule is CCOC(=O)COc1cccc2c(=O)n(CC(=O)Nc3ccc(OCC)cc3)ccc12. The van der Waals surface area contributed by atoms with Gasteiger partial charge in [-0.15, -0.1) is 0 Å². The van der Waals surface area contributed by atoms with Gasteiger partial charge < -0.3 is 24.1 Å². The van der Waals surface area contributed by atoms with Crippen LogP contribution in [0.15, 0.2) is 59.5 Å². The fourth-order valence-corrected chi connectivity index (χ4v) is 3.04. The molecule has 0 saturated heterocycles. The number of esters is 1. The minimum absolute atomic E-state index is 0.143. The number of carbonyl (C=O) groups excluding carboxylic acids is 2. The van der Waals surface area contributed by atoms with Gasteiger partial charge >= 0.3 is 5.97 Å². The Morgan fingerprint density at radius 3 is 2.42 bits per heavy atom. The molecule has 3 aromatic rings. The number of pyridine rings is 1. The minimum Gasteiger partial charge on any atom is -0.494 e. The molecular weight excluding hydrogens is 400 g/mol. The van der Waals surface area contributed by atoms with E-state index in [4.69, 9.17) is 14.2 Å². The van der Waals surface area contributed by atoms with E-state index in [0.29, 0.717) is 34.6 Å². The van der Waals surface area contributed by atoms with Crippen LogP contribution in [-0.2, 0) is 20.9 Å². The summed E-state index contributed by atoms with van der Waals surface area (Å²) in [6, 6.07) is 13.7. The number of nitrogens with one attached hydrogen (secondary N) is 1. The predicted octanol–water partition coefficient (Wildman–Crippen LogP) is 2.98. The third kappa shape index (κ3) is 5.63. The number of anilines is 1. The first kappa shape index (κ1) is 21.9. The van der Waals surface area contributed by atoms with Crippen LogP contribution in [-0.4, -0.2) is 36.3 Å². The lowest BCUT2D eigenvalue weighted by atomic mass is 10.1. The molecule has 0 radical (unpaired) electrons. The standard InChI is InChI=1S/C23H24N2O6/c1-3-29-17-10-8-16(9-11-17)24-21(26)14-25-13-12-18-19(23(25)28)6-5-7-20(18)31-15-22(27)30-4-2/h5-13H,3-4,14-15H2,1-2H3,(H,24,26). The lowest BCUT2D eigenvalue weighted by molar-refractivity contribution is -0.145. The van der Waals surface area contributed by atoms with Gasteiger partial charge in [0.1, 0.15) is 18.0 Å². The highest BCUT2D eigenvalue weighted by Gasteiger charge is 2.12. The van der Waals surface area contributed by atoms with E-state index in [2.05, 4.69) is 5.32 Å². The van der Waals surface area contributed by atoms with Gasteiger partial charge in [-0.05, 0) is 56.3 Å². The quantitative estimate of drug-likeness (QED) is 0.531. The second kappa shape index (κ2) is 10.3. The van der Waals surface area contributed by atoms with E-state index in [1.165, 1.54) is 10.8 Å². The van der Waals surface area contributed by atoms with Gasteiger partial charge in [-0.1, -0.05) is 6.07 Å². The predicted molar refractivity (Wildman–Crippen MR) is 117 cm³/mol. The van der Waals surface area contributed by atoms with Gasteiger partial charge in [0, 0.05) is 17.3 Å². The maximum atomic E-state index is 12.8. The number of carbonyl (C=O) groups is 2. The molecule has 0 unspecified atom stereocenters. The molecule has 0 spiro atoms. The molecule has 0 fully saturated rings. The van der Waals surface area contributed by atoms with Crippen molar-refractivity contribution in [2.75, 3.05) is 25.1 Å². The number of aromatic nitrogens is 1. The Hall–Kier alpha value is -3.81. The van der Waals surface area contributed by atoms with Crippen LogP contribution >= 0.6 is 0 Å². The lowest BCUT2D eigenvalue weighted by Gasteiger charge is -2.11. The molecule has 0 bridgehead atoms. The first-order valence-electron chi connectivity index (χ1n) is 9.95. The van der Waals surface area contributed by atoms with E-state index in [1.807, 2.05) is 6.92 Å². The molecule has 1 amide bonds. The normalized spacial score (nSPS) is 10.5. The third-order valence-corrected chi connectivity index (χ3v) is 4.39. The Kier molecular flexibility index (Phi) is 7.26. The summed E-state index contributed by atoms with van der Waals surface area (Å²) in [4.78, 5) is 36.8. The summed E-state index contributed by atoms with van der Waals surface area (Å²) >= 11 is 0. The average Bonchev–Trinajstić information content (AvgIpc) is 2.76. The van der Waals surface area contributed by atoms with E-state index in [9.17, 15) is 14.4 Å². The van der Waals surface area contributed by atoms with Crippen LogP contribution in [0.4, 0.5) is 5.69 Å². The number of benzene rings is 2. The number of hydrogen-bond donors (Lipinski definition) is 1. The Morgan fingerprint density at radius 1 is 0.935 bits per heavy atom. The molecule has 0 aliphatic carbocycles. The summed E-state index contributed by atoms with van der Waals surface area (Å²) in [5.41, 5.74) is 0.276. The number of nitrogens with zero attached hydrogens (tertiary/aromatic N) is 1. The van der Waals surface area contributed by atoms with Crippen molar-refractivity contribution in [3.05, 3.63) is 65.1 Å². The van der Waals surface area contributed by atoms with Crippen molar-refractivity contribution < 1.29 is 23.8 Å². The fourth-order valence-electron chi connectivity index (χ4n) is 3.04. The second-order valence-electron chi connectivity index (χ2n) is 6.57. The third-order valence-electron chi connectivity index (χ3n) is 4.39. The van der Waals surface area contributed by atoms with Crippen molar-refractivity contribution in [3.8, 4) is 11.5 Å². The number of hydrogen-bond acceptors (Lipinski definition) is 6. The van der Waals surface area contributed by atoms with Crippen LogP contribution in [0.2, 0.25) is 0 Å². The highest BCUT2D eigenvalue weighted by Crippen LogP contribution is 2.23. The molecular formula is C23H24N2O6. The van der Waals surface area contributed by atoms with Crippen molar-refractivity contribution in [2.24, 2.45) is 0 Å². The second-order valence-corrected chi connectivity index (χ2v) is 6.57. The first-order chi connectivity index (χ1) is 15.0. The van der Waals surface area contributed by atoms with Crippen LogP contribution in [0.3, 0.4) is 0 Å². The Balaban J connectivity index is 1.72. The largest absolute Gasteiger partial charge is 0.494 e. The fraction of sp³-hybridized carbons (Fsp3) is 0.261. The zero-order valence-corrected chi connectivity index (χ0v) is 17.4. The zero-order valence-electron chi connectivity index (χ0n) is 17.4. The van der Waals surface area contributed by atoms with Crippen molar-refractivity contribution >= 4 is 28.3 Å². The van der Waals surface area contributed by atoms with Gasteiger partial charge in [0.15, 0.2) is 6.61 Å². The molecule has 1 aromatic heterocycles. The maximum absolute atomic E-state index is 12.8. The Bertz CT molecular complexity index is 1120. The van der Waals surface area contributed by atoms with Gasteiger partial charge in [-0.25, -0.2) is 4.79 Å². The van der Waals surface area contributed by atoms with E-state index < -0.39 is 5.97 Å². The van der Waals surface area contributed by atoms with Crippen LogP contribution in [0.1, 0.15) is 13.8 Å². The highest BCUT2D eigenvalue weighted by molar-refractivity contribution is 5.91. The van der Waals surface area contributed by atoms with E-state index in [-0.39, 0.29) is 31.2 Å². The van der Waals surface area contributed by atoms with Crippen LogP contribution in [0.5, 0.6) is 11.5 Å². The Labute approximate surface area is 179 Å². The molecule has 31 heavy (non-hydrogen) atoms. The molecule has 1 N–H and O–H groups in total. The lowest BCUT2D eigenvalue weighted by Crippen LogP contribution is -2.27. The van der Waals surface area contributed by atoms with Gasteiger partial charge in [0.2, 0.25) is 5.91 Å². The molecule has 0 atom stereocenters. The van der Waals surface area contributed by atoms with E-state index in [1.54, 1.807) is 55.5 Å². The summed E-state index contributed by atoms with van der Waals surface area (Å²) in [5.74, 6) is 0.292. The molecule has 0 saturated carbocycles. The molecule has 0 aliphatic rings. The number of fused-ring (bicyclic) bond motifs is 1. The number of ether oxygens (including phenoxy) is 3. The molecule has 162 valence electrons. The summed E-state index contributed by atoms with van der Waals surface area (Å²) in [6.07, 6.45) is 1.53. The van der Waals surface area contributed by atoms with Crippen LogP contribution in [0.25, 0.3) is 10.8 Å². The molecule has 2 aromatic carbocycles. The molecule has 0 aliphatic heterocycles. The topological polar surface area (TPSA) is 95.9 Å². The number of rotatable bonds is 9. The molecule has 1 heterocycles. The monoisotopic (exact) mass is 424 g/mol. The molecule has 8 heteroatoms. The summed E-state index contributed by atoms with van der Waals surface area (Å²) < 4.78 is 17.0. The maximum Gasteiger partial charge on any atom is 0.344 e.